The molecule has 2 aromatic rings. The molecule has 1 saturated heterocycles. The summed E-state index contributed by atoms with van der Waals surface area (Å²) in [5, 5.41) is 2.71. The van der Waals surface area contributed by atoms with Gasteiger partial charge in [0.05, 0.1) is 5.69 Å². The molecule has 1 aliphatic heterocycles. The summed E-state index contributed by atoms with van der Waals surface area (Å²) in [4.78, 5) is 10.9. The van der Waals surface area contributed by atoms with E-state index in [4.69, 9.17) is 0 Å². The standard InChI is InChI=1S/C17H19F3N4/c1-10-4-3-7-24(9-10)17-21-11(2)8-14(23-17)22-13-6-5-12(18)15(19)16(13)20/h5-6,8,10H,3-4,7,9H2,1-2H3,(H,21,22,23). The Bertz CT molecular complexity index is 751. The summed E-state index contributed by atoms with van der Waals surface area (Å²) in [6, 6.07) is 3.66. The minimum absolute atomic E-state index is 0.162. The lowest BCUT2D eigenvalue weighted by molar-refractivity contribution is 0.442. The molecule has 1 atom stereocenters. The van der Waals surface area contributed by atoms with Gasteiger partial charge in [0.25, 0.3) is 0 Å². The SMILES string of the molecule is Cc1cc(Nc2ccc(F)c(F)c2F)nc(N2CCCC(C)C2)n1. The molecule has 1 N–H and O–H groups in total. The molecular weight excluding hydrogens is 317 g/mol. The van der Waals surface area contributed by atoms with Gasteiger partial charge >= 0.3 is 0 Å². The van der Waals surface area contributed by atoms with E-state index in [0.29, 0.717) is 23.4 Å². The monoisotopic (exact) mass is 336 g/mol. The van der Waals surface area contributed by atoms with Gasteiger partial charge in [-0.3, -0.25) is 0 Å². The Morgan fingerprint density at radius 3 is 2.71 bits per heavy atom. The number of benzene rings is 1. The van der Waals surface area contributed by atoms with Crippen molar-refractivity contribution in [2.75, 3.05) is 23.3 Å². The third-order valence-electron chi connectivity index (χ3n) is 4.08. The third kappa shape index (κ3) is 3.44. The van der Waals surface area contributed by atoms with Crippen molar-refractivity contribution in [2.45, 2.75) is 26.7 Å². The van der Waals surface area contributed by atoms with Gasteiger partial charge in [0.1, 0.15) is 5.82 Å². The van der Waals surface area contributed by atoms with Crippen LogP contribution < -0.4 is 10.2 Å². The van der Waals surface area contributed by atoms with Crippen LogP contribution in [0.3, 0.4) is 0 Å². The van der Waals surface area contributed by atoms with Crippen LogP contribution >= 0.6 is 0 Å². The predicted octanol–water partition coefficient (Wildman–Crippen LogP) is 4.18. The van der Waals surface area contributed by atoms with Gasteiger partial charge in [0, 0.05) is 24.8 Å². The zero-order valence-electron chi connectivity index (χ0n) is 13.6. The van der Waals surface area contributed by atoms with Crippen LogP contribution in [0.25, 0.3) is 0 Å². The van der Waals surface area contributed by atoms with Crippen LogP contribution in [0.5, 0.6) is 0 Å². The Morgan fingerprint density at radius 1 is 1.17 bits per heavy atom. The quantitative estimate of drug-likeness (QED) is 0.854. The summed E-state index contributed by atoms with van der Waals surface area (Å²) < 4.78 is 40.2. The fourth-order valence-corrected chi connectivity index (χ4v) is 2.89. The molecule has 0 spiro atoms. The molecule has 2 heterocycles. The van der Waals surface area contributed by atoms with Crippen molar-refractivity contribution >= 4 is 17.5 Å². The maximum Gasteiger partial charge on any atom is 0.227 e. The van der Waals surface area contributed by atoms with Gasteiger partial charge in [0.2, 0.25) is 5.95 Å². The van der Waals surface area contributed by atoms with E-state index in [2.05, 4.69) is 27.1 Å². The fourth-order valence-electron chi connectivity index (χ4n) is 2.89. The first-order chi connectivity index (χ1) is 11.4. The normalized spacial score (nSPS) is 17.9. The van der Waals surface area contributed by atoms with Gasteiger partial charge in [-0.1, -0.05) is 6.92 Å². The second kappa shape index (κ2) is 6.67. The first kappa shape index (κ1) is 16.5. The number of nitrogens with zero attached hydrogens (tertiary/aromatic N) is 3. The lowest BCUT2D eigenvalue weighted by atomic mass is 10.0. The van der Waals surface area contributed by atoms with E-state index in [0.717, 1.165) is 31.6 Å². The van der Waals surface area contributed by atoms with Crippen molar-refractivity contribution in [3.8, 4) is 0 Å². The molecule has 0 radical (unpaired) electrons. The number of piperidine rings is 1. The molecule has 1 fully saturated rings. The Hall–Kier alpha value is -2.31. The minimum atomic E-state index is -1.50. The Morgan fingerprint density at radius 2 is 1.96 bits per heavy atom. The van der Waals surface area contributed by atoms with E-state index < -0.39 is 17.5 Å². The Labute approximate surface area is 138 Å². The number of rotatable bonds is 3. The highest BCUT2D eigenvalue weighted by Gasteiger charge is 2.20. The van der Waals surface area contributed by atoms with Crippen molar-refractivity contribution in [3.63, 3.8) is 0 Å². The topological polar surface area (TPSA) is 41.1 Å². The van der Waals surface area contributed by atoms with Crippen LogP contribution in [-0.4, -0.2) is 23.1 Å². The number of halogens is 3. The molecule has 7 heteroatoms. The van der Waals surface area contributed by atoms with Crippen LogP contribution in [0.2, 0.25) is 0 Å². The second-order valence-electron chi connectivity index (χ2n) is 6.24. The highest BCUT2D eigenvalue weighted by Crippen LogP contribution is 2.25. The molecule has 0 amide bonds. The number of hydrogen-bond donors (Lipinski definition) is 1. The maximum atomic E-state index is 13.8. The second-order valence-corrected chi connectivity index (χ2v) is 6.24. The van der Waals surface area contributed by atoms with Gasteiger partial charge in [-0.25, -0.2) is 18.2 Å². The lowest BCUT2D eigenvalue weighted by Gasteiger charge is -2.31. The van der Waals surface area contributed by atoms with Crippen LogP contribution in [-0.2, 0) is 0 Å². The van der Waals surface area contributed by atoms with Gasteiger partial charge in [-0.05, 0) is 37.8 Å². The number of aryl methyl sites for hydroxylation is 1. The summed E-state index contributed by atoms with van der Waals surface area (Å²) in [7, 11) is 0. The smallest absolute Gasteiger partial charge is 0.227 e. The summed E-state index contributed by atoms with van der Waals surface area (Å²) in [6.07, 6.45) is 2.24. The molecule has 0 aliphatic carbocycles. The Kier molecular flexibility index (Phi) is 4.59. The van der Waals surface area contributed by atoms with Crippen LogP contribution in [0, 0.1) is 30.3 Å². The van der Waals surface area contributed by atoms with Crippen LogP contribution in [0.1, 0.15) is 25.5 Å². The molecule has 1 aromatic carbocycles. The zero-order chi connectivity index (χ0) is 17.3. The van der Waals surface area contributed by atoms with Crippen molar-refractivity contribution in [1.82, 2.24) is 9.97 Å². The molecular formula is C17H19F3N4. The molecule has 3 rings (SSSR count). The zero-order valence-corrected chi connectivity index (χ0v) is 13.6. The molecule has 1 aromatic heterocycles. The molecule has 128 valence electrons. The predicted molar refractivity (Wildman–Crippen MR) is 87.0 cm³/mol. The van der Waals surface area contributed by atoms with Gasteiger partial charge in [-0.15, -0.1) is 0 Å². The largest absolute Gasteiger partial charge is 0.340 e. The molecule has 1 unspecified atom stereocenters. The number of anilines is 3. The van der Waals surface area contributed by atoms with E-state index in [1.165, 1.54) is 6.42 Å². The average molecular weight is 336 g/mol. The highest BCUT2D eigenvalue weighted by molar-refractivity contribution is 5.58. The summed E-state index contributed by atoms with van der Waals surface area (Å²) >= 11 is 0. The molecule has 0 saturated carbocycles. The third-order valence-corrected chi connectivity index (χ3v) is 4.08. The van der Waals surface area contributed by atoms with Crippen LogP contribution in [0.15, 0.2) is 18.2 Å². The van der Waals surface area contributed by atoms with Gasteiger partial charge in [0.15, 0.2) is 17.5 Å². The first-order valence-electron chi connectivity index (χ1n) is 7.95. The van der Waals surface area contributed by atoms with Crippen molar-refractivity contribution in [2.24, 2.45) is 5.92 Å². The van der Waals surface area contributed by atoms with Gasteiger partial charge < -0.3 is 10.2 Å². The molecule has 24 heavy (non-hydrogen) atoms. The first-order valence-corrected chi connectivity index (χ1v) is 7.95. The van der Waals surface area contributed by atoms with E-state index >= 15 is 0 Å². The van der Waals surface area contributed by atoms with Crippen LogP contribution in [0.4, 0.5) is 30.6 Å². The number of aromatic nitrogens is 2. The fraction of sp³-hybridized carbons (Fsp3) is 0.412. The molecule has 0 bridgehead atoms. The van der Waals surface area contributed by atoms with Gasteiger partial charge in [-0.2, -0.15) is 4.98 Å². The number of hydrogen-bond acceptors (Lipinski definition) is 4. The summed E-state index contributed by atoms with van der Waals surface area (Å²) in [5.41, 5.74) is 0.550. The summed E-state index contributed by atoms with van der Waals surface area (Å²) in [5.74, 6) is -2.52. The molecule has 1 aliphatic rings. The molecule has 4 nitrogen and oxygen atoms in total. The van der Waals surface area contributed by atoms with E-state index in [1.807, 2.05) is 6.92 Å². The Balaban J connectivity index is 1.88. The highest BCUT2D eigenvalue weighted by atomic mass is 19.2. The van der Waals surface area contributed by atoms with Crippen molar-refractivity contribution < 1.29 is 13.2 Å². The number of nitrogens with one attached hydrogen (secondary N) is 1. The van der Waals surface area contributed by atoms with E-state index in [9.17, 15) is 13.2 Å². The van der Waals surface area contributed by atoms with E-state index in [1.54, 1.807) is 6.07 Å². The lowest BCUT2D eigenvalue weighted by Crippen LogP contribution is -2.35. The summed E-state index contributed by atoms with van der Waals surface area (Å²) in [6.45, 7) is 5.72. The average Bonchev–Trinajstić information content (AvgIpc) is 2.55. The van der Waals surface area contributed by atoms with Crippen molar-refractivity contribution in [1.29, 1.82) is 0 Å². The van der Waals surface area contributed by atoms with E-state index in [-0.39, 0.29) is 5.69 Å². The minimum Gasteiger partial charge on any atom is -0.340 e. The maximum absolute atomic E-state index is 13.8. The van der Waals surface area contributed by atoms with Crippen molar-refractivity contribution in [3.05, 3.63) is 41.3 Å².